The molecule has 2 amide bonds. The van der Waals surface area contributed by atoms with E-state index in [1.807, 2.05) is 118 Å². The number of oxime groups is 1. The second-order valence-electron chi connectivity index (χ2n) is 46.7. The summed E-state index contributed by atoms with van der Waals surface area (Å²) in [5.74, 6) is 4.30. The first-order chi connectivity index (χ1) is 60.8. The summed E-state index contributed by atoms with van der Waals surface area (Å²) >= 11 is 0. The zero-order valence-electron chi connectivity index (χ0n) is 102. The van der Waals surface area contributed by atoms with E-state index >= 15 is 0 Å². The summed E-state index contributed by atoms with van der Waals surface area (Å²) in [6.07, 6.45) is 2.02. The van der Waals surface area contributed by atoms with Gasteiger partial charge in [0.2, 0.25) is 11.8 Å². The van der Waals surface area contributed by atoms with Crippen LogP contribution in [0.5, 0.6) is 0 Å². The van der Waals surface area contributed by atoms with Crippen molar-refractivity contribution in [3.05, 3.63) is 0 Å². The lowest BCUT2D eigenvalue weighted by Gasteiger charge is -2.45. The van der Waals surface area contributed by atoms with Crippen LogP contribution in [-0.4, -0.2) is 316 Å². The second kappa shape index (κ2) is 77.5. The van der Waals surface area contributed by atoms with Gasteiger partial charge in [-0.25, -0.2) is 34.0 Å². The van der Waals surface area contributed by atoms with Gasteiger partial charge in [0, 0.05) is 202 Å². The molecule has 0 saturated carbocycles. The van der Waals surface area contributed by atoms with Gasteiger partial charge in [0.15, 0.2) is 0 Å². The molecule has 0 fully saturated rings. The van der Waals surface area contributed by atoms with E-state index in [1.165, 1.54) is 28.3 Å². The van der Waals surface area contributed by atoms with Gasteiger partial charge >= 0.3 is 7.67 Å². The standard InChI is InChI=1S/C19H43N3.C14H28N2O2.C14H32N2.C13H28N2.C12H28N2.C11H23NO.C9H22NOP.C8H21N2O2P.C8H20NO2P/c1-15(2)20(11-13-21(16(3)4)17(5)6)12-14-22(18(7)8)19(9)10;1-9(2)13(17)15(11(5)6)16(12(7)8)14(18)10(3)4;1-11(2)15(12(3)4)9-10-16(13(5)6)14(7)8;1-9(2)13(14-10(3)4)15(11(5)6)12(7)8;1-9(2)13(10(3)4)14(11(5)6)12(7)8;1-8(2)7-13-12-11(9(3)4)10(5)6;1-8(2)6-12(11,10-5)7-9(3)4;1-7(2)9(5)13(11,12)10(6)8(3)4;1-7(2)6-12(10,11)9(5)8(3)4/h15-19H,11-14H2,1-10H3;9-12H,1-8H3;11-14H,9-10H2,1-8H3;9-12H,1-8H3;9-12H,1-8H3;8-10H,7H2,1-6H3;8-9H,6-7H2,1-5H3,(H,10,11);7-8H,1-6H3,(H,11,12);7-8H,6H2,1-5H3,(H,10,11). The zero-order valence-corrected chi connectivity index (χ0v) is 105. The summed E-state index contributed by atoms with van der Waals surface area (Å²) < 4.78 is 40.2. The van der Waals surface area contributed by atoms with Crippen molar-refractivity contribution < 1.29 is 37.9 Å². The van der Waals surface area contributed by atoms with Crippen LogP contribution in [0.1, 0.15) is 415 Å². The highest BCUT2D eigenvalue weighted by Gasteiger charge is 2.36. The van der Waals surface area contributed by atoms with Crippen LogP contribution in [0.2, 0.25) is 0 Å². The van der Waals surface area contributed by atoms with E-state index in [4.69, 9.17) is 9.83 Å². The lowest BCUT2D eigenvalue weighted by Crippen LogP contribution is -2.57. The molecule has 3 N–H and O–H groups in total. The number of nitrogens with one attached hydrogen (secondary N) is 1. The van der Waals surface area contributed by atoms with Crippen LogP contribution in [0.25, 0.3) is 0 Å². The predicted octanol–water partition coefficient (Wildman–Crippen LogP) is 26.6. The van der Waals surface area contributed by atoms with Crippen molar-refractivity contribution in [2.45, 2.75) is 542 Å². The average Bonchev–Trinajstić information content (AvgIpc) is 0.812. The SMILES string of the molecule is CC(C)C(=O)N(C(C)C)N(C(=O)C(C)C)C(C)C.CC(C)CON=C(C(C)C)C(C)C.CC(C)CP(=O)(O)N(C)C(C)C.CC(C)N(C(C)C)N(C(C)C)C(C)C.CC(C)N(C)P(=O)(O)N(C)C(C)C.CC(C)N(CCN(C(C)C)C(C)C)C(C)C.CC(C)N(CCN(C(C)C)C(C)C)CCN(C(C)C)C(C)C.CC(C)N=C(C(C)C)N(C(C)C)C(C)C.CNP(=O)(CC(C)C)CC(C)C. The Kier molecular flexibility index (Phi) is 86.6. The summed E-state index contributed by atoms with van der Waals surface area (Å²) in [6, 6.07) is 9.56. The third kappa shape index (κ3) is 69.7. The number of nitrogens with zero attached hydrogens (tertiary/aromatic N) is 15. The number of amides is 2. The highest BCUT2D eigenvalue weighted by atomic mass is 31.2. The Morgan fingerprint density at radius 3 is 0.711 bits per heavy atom. The molecule has 0 heterocycles. The molecule has 0 saturated heterocycles. The molecule has 0 aromatic carbocycles. The molecule has 135 heavy (non-hydrogen) atoms. The molecule has 820 valence electrons. The van der Waals surface area contributed by atoms with Gasteiger partial charge in [-0.2, -0.15) is 0 Å². The van der Waals surface area contributed by atoms with Gasteiger partial charge in [0.25, 0.3) is 7.52 Å². The van der Waals surface area contributed by atoms with Crippen molar-refractivity contribution in [1.29, 1.82) is 0 Å². The third-order valence-corrected chi connectivity index (χ3v) is 31.6. The molecular formula is C108H245N16O8P3. The minimum Gasteiger partial charge on any atom is -0.396 e. The lowest BCUT2D eigenvalue weighted by atomic mass is 9.98. The zero-order chi connectivity index (χ0) is 110. The van der Waals surface area contributed by atoms with Crippen molar-refractivity contribution in [3.8, 4) is 0 Å². The number of amidine groups is 1. The number of rotatable bonds is 49. The number of hydrogen-bond acceptors (Lipinski definition) is 15. The number of carbonyl (C=O) groups excluding carboxylic acids is 2. The maximum Gasteiger partial charge on any atom is 0.343 e. The molecular weight excluding hydrogens is 1740 g/mol. The lowest BCUT2D eigenvalue weighted by molar-refractivity contribution is -0.176. The Morgan fingerprint density at radius 1 is 0.296 bits per heavy atom. The molecule has 0 aliphatic heterocycles. The van der Waals surface area contributed by atoms with Crippen molar-refractivity contribution in [3.63, 3.8) is 0 Å². The van der Waals surface area contributed by atoms with Gasteiger partial charge in [0.05, 0.1) is 5.71 Å². The minimum atomic E-state index is -3.32. The van der Waals surface area contributed by atoms with Gasteiger partial charge in [-0.15, -0.1) is 0 Å². The van der Waals surface area contributed by atoms with Gasteiger partial charge in [-0.1, -0.05) is 130 Å². The van der Waals surface area contributed by atoms with Crippen LogP contribution in [0.4, 0.5) is 0 Å². The van der Waals surface area contributed by atoms with Gasteiger partial charge in [-0.05, 0) is 354 Å². The van der Waals surface area contributed by atoms with Crippen LogP contribution in [0, 0.1) is 53.3 Å². The van der Waals surface area contributed by atoms with Gasteiger partial charge in [0.1, 0.15) is 19.7 Å². The maximum atomic E-state index is 12.3. The predicted molar refractivity (Wildman–Crippen MR) is 604 cm³/mol. The van der Waals surface area contributed by atoms with Crippen LogP contribution >= 0.6 is 22.5 Å². The van der Waals surface area contributed by atoms with Crippen molar-refractivity contribution in [1.82, 2.24) is 68.5 Å². The van der Waals surface area contributed by atoms with E-state index in [2.05, 4.69) is 354 Å². The fourth-order valence-electron chi connectivity index (χ4n) is 16.1. The smallest absolute Gasteiger partial charge is 0.343 e. The van der Waals surface area contributed by atoms with Crippen LogP contribution in [0.15, 0.2) is 10.1 Å². The summed E-state index contributed by atoms with van der Waals surface area (Å²) in [5.41, 5.74) is 1.15. The summed E-state index contributed by atoms with van der Waals surface area (Å²) in [4.78, 5) is 69.4. The number of hydrazine groups is 2. The Labute approximate surface area is 845 Å². The average molecular weight is 1990 g/mol. The normalized spacial score (nSPS) is 13.2. The fraction of sp³-hybridized carbons (Fsp3) is 0.963. The van der Waals surface area contributed by atoms with Crippen molar-refractivity contribution >= 4 is 45.8 Å². The van der Waals surface area contributed by atoms with E-state index in [0.29, 0.717) is 145 Å². The van der Waals surface area contributed by atoms with Crippen molar-refractivity contribution in [2.24, 2.45) is 63.4 Å². The molecule has 0 bridgehead atoms. The van der Waals surface area contributed by atoms with Crippen LogP contribution < -0.4 is 5.09 Å². The molecule has 27 heteroatoms. The Hall–Kier alpha value is -1.95. The molecule has 0 aliphatic carbocycles. The first-order valence-electron chi connectivity index (χ1n) is 53.5. The molecule has 1 unspecified atom stereocenters. The van der Waals surface area contributed by atoms with E-state index in [0.717, 1.165) is 44.2 Å². The largest absolute Gasteiger partial charge is 0.396 e. The highest BCUT2D eigenvalue weighted by molar-refractivity contribution is 7.61. The number of carbonyl (C=O) groups is 2. The van der Waals surface area contributed by atoms with Crippen LogP contribution in [-0.2, 0) is 28.1 Å². The third-order valence-electron chi connectivity index (χ3n) is 22.9. The molecule has 0 aliphatic rings. The Morgan fingerprint density at radius 2 is 0.548 bits per heavy atom. The van der Waals surface area contributed by atoms with Gasteiger partial charge in [-0.3, -0.25) is 53.3 Å². The molecule has 0 aromatic rings. The molecule has 0 radical (unpaired) electrons. The van der Waals surface area contributed by atoms with Gasteiger partial charge < -0.3 is 24.1 Å². The Bertz CT molecular complexity index is 2870. The quantitative estimate of drug-likeness (QED) is 0.0223. The molecule has 0 rings (SSSR count). The molecule has 0 spiro atoms. The maximum absolute atomic E-state index is 12.3. The van der Waals surface area contributed by atoms with E-state index in [1.54, 1.807) is 35.8 Å². The number of hydrogen-bond donors (Lipinski definition) is 3. The van der Waals surface area contributed by atoms with E-state index in [-0.39, 0.29) is 59.8 Å². The molecule has 24 nitrogen and oxygen atoms in total. The summed E-state index contributed by atoms with van der Waals surface area (Å²) in [7, 11) is -1.59. The first-order valence-corrected chi connectivity index (χ1v) is 58.9. The van der Waals surface area contributed by atoms with Crippen molar-refractivity contribution in [2.75, 3.05) is 92.6 Å². The molecule has 1 atom stereocenters. The first kappa shape index (κ1) is 151. The second-order valence-corrected chi connectivity index (χ2v) is 54.3. The summed E-state index contributed by atoms with van der Waals surface area (Å²) in [5, 5.41) is 15.4. The fourth-order valence-corrected chi connectivity index (χ4v) is 22.5. The number of aliphatic imine (C=N–C) groups is 1. The minimum absolute atomic E-state index is 0.00676. The highest BCUT2D eigenvalue weighted by Crippen LogP contribution is 2.49. The monoisotopic (exact) mass is 1990 g/mol. The van der Waals surface area contributed by atoms with E-state index < -0.39 is 22.5 Å². The topological polar surface area (TPSA) is 214 Å². The molecule has 0 aromatic heterocycles. The van der Waals surface area contributed by atoms with Crippen LogP contribution in [0.3, 0.4) is 0 Å². The Balaban J connectivity index is -0.000000190. The summed E-state index contributed by atoms with van der Waals surface area (Å²) in [6.45, 7) is 137. The van der Waals surface area contributed by atoms with E-state index in [9.17, 15) is 33.1 Å².